The Morgan fingerprint density at radius 2 is 2.00 bits per heavy atom. The number of benzene rings is 1. The highest BCUT2D eigenvalue weighted by Gasteiger charge is 2.25. The number of nitrogens with zero attached hydrogens (tertiary/aromatic N) is 3. The van der Waals surface area contributed by atoms with Crippen LogP contribution in [-0.4, -0.2) is 32.8 Å². The van der Waals surface area contributed by atoms with Gasteiger partial charge in [-0.3, -0.25) is 14.6 Å². The quantitative estimate of drug-likeness (QED) is 0.506. The minimum Gasteiger partial charge on any atom is -0.496 e. The molecule has 0 saturated heterocycles. The summed E-state index contributed by atoms with van der Waals surface area (Å²) in [5, 5.41) is 5.20. The highest BCUT2D eigenvalue weighted by molar-refractivity contribution is 5.80. The Labute approximate surface area is 172 Å². The summed E-state index contributed by atoms with van der Waals surface area (Å²) in [6, 6.07) is 4.83. The molecule has 0 aliphatic heterocycles. The standard InChI is InChI=1S/C21H24N4O5/c1-12(26)29-30-14-9-10-15(16(11-14)28-3)19-22-20-17(21(27)23-19)18(24-25(20)2)13-7-5-4-6-8-13/h9-11,13H,4-8H2,1-3H3,(H,22,23,27). The molecule has 9 heteroatoms. The Morgan fingerprint density at radius 3 is 2.70 bits per heavy atom. The zero-order valence-electron chi connectivity index (χ0n) is 17.2. The fourth-order valence-electron chi connectivity index (χ4n) is 4.00. The van der Waals surface area contributed by atoms with Crippen LogP contribution in [0.5, 0.6) is 11.5 Å². The van der Waals surface area contributed by atoms with Gasteiger partial charge in [-0.15, -0.1) is 0 Å². The van der Waals surface area contributed by atoms with Crippen molar-refractivity contribution in [2.45, 2.75) is 44.9 Å². The summed E-state index contributed by atoms with van der Waals surface area (Å²) >= 11 is 0. The van der Waals surface area contributed by atoms with E-state index in [9.17, 15) is 9.59 Å². The van der Waals surface area contributed by atoms with Crippen LogP contribution in [0.3, 0.4) is 0 Å². The topological polar surface area (TPSA) is 108 Å². The molecule has 1 aliphatic carbocycles. The molecule has 0 spiro atoms. The zero-order chi connectivity index (χ0) is 21.3. The van der Waals surface area contributed by atoms with E-state index in [4.69, 9.17) is 9.62 Å². The van der Waals surface area contributed by atoms with Gasteiger partial charge in [0.2, 0.25) is 0 Å². The lowest BCUT2D eigenvalue weighted by Gasteiger charge is -2.19. The van der Waals surface area contributed by atoms with Crippen molar-refractivity contribution in [1.29, 1.82) is 0 Å². The fourth-order valence-corrected chi connectivity index (χ4v) is 4.00. The third-order valence-electron chi connectivity index (χ3n) is 5.40. The molecule has 158 valence electrons. The van der Waals surface area contributed by atoms with Gasteiger partial charge < -0.3 is 9.72 Å². The Bertz CT molecular complexity index is 1140. The van der Waals surface area contributed by atoms with Gasteiger partial charge in [0, 0.05) is 26.0 Å². The molecule has 1 saturated carbocycles. The fraction of sp³-hybridized carbons (Fsp3) is 0.429. The number of methoxy groups -OCH3 is 1. The van der Waals surface area contributed by atoms with E-state index in [0.29, 0.717) is 34.1 Å². The number of carbonyl (C=O) groups excluding carboxylic acids is 1. The first-order chi connectivity index (χ1) is 14.5. The molecule has 0 bridgehead atoms. The van der Waals surface area contributed by atoms with E-state index in [1.807, 2.05) is 0 Å². The number of H-pyrrole nitrogens is 1. The number of carbonyl (C=O) groups is 1. The number of ether oxygens (including phenoxy) is 1. The summed E-state index contributed by atoms with van der Waals surface area (Å²) in [4.78, 5) is 41.0. The summed E-state index contributed by atoms with van der Waals surface area (Å²) in [5.41, 5.74) is 1.74. The highest BCUT2D eigenvalue weighted by atomic mass is 17.2. The lowest BCUT2D eigenvalue weighted by atomic mass is 9.86. The van der Waals surface area contributed by atoms with Gasteiger partial charge in [0.1, 0.15) is 17.0 Å². The average molecular weight is 412 g/mol. The molecule has 0 atom stereocenters. The summed E-state index contributed by atoms with van der Waals surface area (Å²) in [6.45, 7) is 1.24. The van der Waals surface area contributed by atoms with Crippen LogP contribution in [0.4, 0.5) is 0 Å². The molecule has 2 aromatic heterocycles. The predicted octanol–water partition coefficient (Wildman–Crippen LogP) is 3.24. The molecule has 30 heavy (non-hydrogen) atoms. The van der Waals surface area contributed by atoms with E-state index in [-0.39, 0.29) is 11.3 Å². The maximum Gasteiger partial charge on any atom is 0.352 e. The first kappa shape index (κ1) is 19.9. The number of rotatable bonds is 5. The molecule has 1 aliphatic rings. The largest absolute Gasteiger partial charge is 0.496 e. The molecule has 4 rings (SSSR count). The lowest BCUT2D eigenvalue weighted by Crippen LogP contribution is -2.13. The minimum absolute atomic E-state index is 0.217. The van der Waals surface area contributed by atoms with Crippen molar-refractivity contribution in [3.63, 3.8) is 0 Å². The third-order valence-corrected chi connectivity index (χ3v) is 5.40. The molecule has 2 heterocycles. The number of nitrogens with one attached hydrogen (secondary N) is 1. The van der Waals surface area contributed by atoms with Crippen LogP contribution in [0.2, 0.25) is 0 Å². The van der Waals surface area contributed by atoms with E-state index >= 15 is 0 Å². The molecule has 0 amide bonds. The predicted molar refractivity (Wildman–Crippen MR) is 109 cm³/mol. The van der Waals surface area contributed by atoms with E-state index in [0.717, 1.165) is 31.4 Å². The van der Waals surface area contributed by atoms with Crippen molar-refractivity contribution < 1.29 is 19.3 Å². The van der Waals surface area contributed by atoms with Crippen molar-refractivity contribution in [2.75, 3.05) is 7.11 Å². The zero-order valence-corrected chi connectivity index (χ0v) is 17.2. The van der Waals surface area contributed by atoms with Gasteiger partial charge >= 0.3 is 5.97 Å². The Kier molecular flexibility index (Phi) is 5.43. The smallest absolute Gasteiger partial charge is 0.352 e. The van der Waals surface area contributed by atoms with E-state index < -0.39 is 5.97 Å². The normalized spacial score (nSPS) is 14.6. The lowest BCUT2D eigenvalue weighted by molar-refractivity contribution is -0.210. The monoisotopic (exact) mass is 412 g/mol. The first-order valence-corrected chi connectivity index (χ1v) is 9.98. The Morgan fingerprint density at radius 1 is 1.23 bits per heavy atom. The molecule has 1 fully saturated rings. The molecule has 0 radical (unpaired) electrons. The number of hydrogen-bond acceptors (Lipinski definition) is 7. The summed E-state index contributed by atoms with van der Waals surface area (Å²) in [5.74, 6) is 0.788. The number of aromatic nitrogens is 4. The number of aromatic amines is 1. The second-order valence-electron chi connectivity index (χ2n) is 7.48. The summed E-state index contributed by atoms with van der Waals surface area (Å²) < 4.78 is 7.09. The van der Waals surface area contributed by atoms with Crippen LogP contribution in [0.15, 0.2) is 23.0 Å². The van der Waals surface area contributed by atoms with Gasteiger partial charge in [-0.2, -0.15) is 5.10 Å². The van der Waals surface area contributed by atoms with E-state index in [1.54, 1.807) is 29.9 Å². The van der Waals surface area contributed by atoms with Crippen molar-refractivity contribution in [3.05, 3.63) is 34.2 Å². The molecule has 1 N–H and O–H groups in total. The molecule has 9 nitrogen and oxygen atoms in total. The number of hydrogen-bond donors (Lipinski definition) is 1. The Balaban J connectivity index is 1.76. The minimum atomic E-state index is -0.570. The van der Waals surface area contributed by atoms with Gasteiger partial charge in [-0.25, -0.2) is 14.5 Å². The van der Waals surface area contributed by atoms with Crippen molar-refractivity contribution in [1.82, 2.24) is 19.7 Å². The van der Waals surface area contributed by atoms with E-state index in [1.165, 1.54) is 20.5 Å². The SMILES string of the molecule is COc1cc(OOC(C)=O)ccc1-c1nc2c(c(C3CCCCC3)nn2C)c(=O)[nH]1. The molecule has 1 aromatic carbocycles. The van der Waals surface area contributed by atoms with Gasteiger partial charge in [0.15, 0.2) is 11.4 Å². The number of aryl methyl sites for hydroxylation is 1. The molecular formula is C21H24N4O5. The molecule has 3 aromatic rings. The second-order valence-corrected chi connectivity index (χ2v) is 7.48. The van der Waals surface area contributed by atoms with Crippen LogP contribution in [0.1, 0.15) is 50.6 Å². The summed E-state index contributed by atoms with van der Waals surface area (Å²) in [6.07, 6.45) is 5.64. The van der Waals surface area contributed by atoms with Gasteiger partial charge in [-0.1, -0.05) is 19.3 Å². The van der Waals surface area contributed by atoms with Crippen LogP contribution in [-0.2, 0) is 16.7 Å². The van der Waals surface area contributed by atoms with Gasteiger partial charge in [0.25, 0.3) is 5.56 Å². The Hall–Kier alpha value is -3.36. The first-order valence-electron chi connectivity index (χ1n) is 9.98. The van der Waals surface area contributed by atoms with Crippen LogP contribution in [0.25, 0.3) is 22.4 Å². The van der Waals surface area contributed by atoms with Crippen LogP contribution in [0, 0.1) is 0 Å². The van der Waals surface area contributed by atoms with Crippen LogP contribution >= 0.6 is 0 Å². The van der Waals surface area contributed by atoms with Crippen LogP contribution < -0.4 is 15.2 Å². The second kappa shape index (κ2) is 8.17. The maximum absolute atomic E-state index is 13.0. The summed E-state index contributed by atoms with van der Waals surface area (Å²) in [7, 11) is 3.30. The average Bonchev–Trinajstić information content (AvgIpc) is 3.09. The number of fused-ring (bicyclic) bond motifs is 1. The highest BCUT2D eigenvalue weighted by Crippen LogP contribution is 2.35. The molecular weight excluding hydrogens is 388 g/mol. The van der Waals surface area contributed by atoms with Gasteiger partial charge in [-0.05, 0) is 25.0 Å². The van der Waals surface area contributed by atoms with Crippen molar-refractivity contribution in [3.8, 4) is 22.9 Å². The van der Waals surface area contributed by atoms with E-state index in [2.05, 4.69) is 20.0 Å². The third kappa shape index (κ3) is 3.74. The van der Waals surface area contributed by atoms with Crippen molar-refractivity contribution >= 4 is 17.0 Å². The van der Waals surface area contributed by atoms with Gasteiger partial charge in [0.05, 0.1) is 18.4 Å². The molecule has 0 unspecified atom stereocenters. The maximum atomic E-state index is 13.0. The van der Waals surface area contributed by atoms with Crippen molar-refractivity contribution in [2.24, 2.45) is 7.05 Å².